The molecule has 0 unspecified atom stereocenters. The molecule has 1 fully saturated rings. The fourth-order valence-electron chi connectivity index (χ4n) is 2.98. The molecule has 0 atom stereocenters. The summed E-state index contributed by atoms with van der Waals surface area (Å²) in [5.74, 6) is 1.65. The molecule has 0 aliphatic carbocycles. The Kier molecular flexibility index (Phi) is 7.16. The van der Waals surface area contributed by atoms with Crippen LogP contribution in [0.15, 0.2) is 24.4 Å². The van der Waals surface area contributed by atoms with Gasteiger partial charge in [0.25, 0.3) is 0 Å². The highest BCUT2D eigenvalue weighted by Gasteiger charge is 2.17. The van der Waals surface area contributed by atoms with Gasteiger partial charge in [-0.05, 0) is 6.42 Å². The van der Waals surface area contributed by atoms with Crippen LogP contribution in [-0.2, 0) is 6.54 Å². The second-order valence-electron chi connectivity index (χ2n) is 5.85. The van der Waals surface area contributed by atoms with Crippen LogP contribution in [0.2, 0.25) is 0 Å². The molecule has 1 aromatic heterocycles. The van der Waals surface area contributed by atoms with Gasteiger partial charge in [-0.2, -0.15) is 0 Å². The van der Waals surface area contributed by atoms with E-state index in [0.717, 1.165) is 56.3 Å². The van der Waals surface area contributed by atoms with Crippen molar-refractivity contribution in [2.24, 2.45) is 0 Å². The number of thiazole rings is 1. The van der Waals surface area contributed by atoms with Crippen LogP contribution in [0, 0.1) is 0 Å². The predicted octanol–water partition coefficient (Wildman–Crippen LogP) is 2.88. The van der Waals surface area contributed by atoms with Gasteiger partial charge < -0.3 is 20.1 Å². The fraction of sp³-hybridized carbons (Fsp3) is 0.471. The first-order chi connectivity index (χ1) is 11.7. The highest BCUT2D eigenvalue weighted by molar-refractivity contribution is 7.15. The van der Waals surface area contributed by atoms with Crippen LogP contribution in [-0.4, -0.2) is 50.3 Å². The van der Waals surface area contributed by atoms with E-state index in [1.165, 1.54) is 4.88 Å². The van der Waals surface area contributed by atoms with Gasteiger partial charge >= 0.3 is 0 Å². The molecule has 0 bridgehead atoms. The van der Waals surface area contributed by atoms with Crippen molar-refractivity contribution in [3.63, 3.8) is 0 Å². The lowest BCUT2D eigenvalue weighted by molar-refractivity contribution is 0.288. The van der Waals surface area contributed by atoms with Gasteiger partial charge in [0.1, 0.15) is 11.5 Å². The molecule has 0 radical (unpaired) electrons. The number of rotatable bonds is 5. The maximum Gasteiger partial charge on any atom is 0.180 e. The van der Waals surface area contributed by atoms with Gasteiger partial charge in [-0.1, -0.05) is 0 Å². The van der Waals surface area contributed by atoms with Crippen molar-refractivity contribution in [2.45, 2.75) is 13.0 Å². The van der Waals surface area contributed by atoms with Crippen molar-refractivity contribution >= 4 is 34.6 Å². The summed E-state index contributed by atoms with van der Waals surface area (Å²) < 4.78 is 10.8. The standard InChI is InChI=1S/C17H24N4O2S.ClH/c1-22-14-8-13(9-15(10-14)23-2)21-5-3-4-20(6-7-21)12-16-11-19-17(18)24-16;/h8-11H,3-7,12H2,1-2H3,(H2,18,19);1H. The van der Waals surface area contributed by atoms with E-state index < -0.39 is 0 Å². The molecule has 3 rings (SSSR count). The molecule has 0 amide bonds. The summed E-state index contributed by atoms with van der Waals surface area (Å²) in [6.45, 7) is 5.01. The number of nitrogens with zero attached hydrogens (tertiary/aromatic N) is 3. The molecule has 2 heterocycles. The molecule has 1 aromatic carbocycles. The Bertz CT molecular complexity index is 660. The zero-order valence-corrected chi connectivity index (χ0v) is 16.2. The summed E-state index contributed by atoms with van der Waals surface area (Å²) in [6, 6.07) is 6.05. The summed E-state index contributed by atoms with van der Waals surface area (Å²) in [5, 5.41) is 0.643. The van der Waals surface area contributed by atoms with E-state index in [1.807, 2.05) is 12.3 Å². The number of nitrogens with two attached hydrogens (primary N) is 1. The van der Waals surface area contributed by atoms with Gasteiger partial charge in [-0.25, -0.2) is 4.98 Å². The number of benzene rings is 1. The lowest BCUT2D eigenvalue weighted by Crippen LogP contribution is -2.30. The number of methoxy groups -OCH3 is 2. The third-order valence-electron chi connectivity index (χ3n) is 4.24. The van der Waals surface area contributed by atoms with E-state index in [0.29, 0.717) is 5.13 Å². The van der Waals surface area contributed by atoms with E-state index in [1.54, 1.807) is 25.6 Å². The molecule has 2 aromatic rings. The Morgan fingerprint density at radius 1 is 1.08 bits per heavy atom. The van der Waals surface area contributed by atoms with Crippen LogP contribution in [0.1, 0.15) is 11.3 Å². The van der Waals surface area contributed by atoms with Gasteiger partial charge in [0, 0.05) is 67.7 Å². The minimum Gasteiger partial charge on any atom is -0.497 e. The first-order valence-corrected chi connectivity index (χ1v) is 8.90. The summed E-state index contributed by atoms with van der Waals surface area (Å²) in [7, 11) is 3.37. The third-order valence-corrected chi connectivity index (χ3v) is 5.05. The summed E-state index contributed by atoms with van der Waals surface area (Å²) in [4.78, 5) is 10.2. The van der Waals surface area contributed by atoms with Gasteiger partial charge in [0.15, 0.2) is 5.13 Å². The molecule has 0 saturated carbocycles. The van der Waals surface area contributed by atoms with E-state index >= 15 is 0 Å². The van der Waals surface area contributed by atoms with Crippen LogP contribution in [0.4, 0.5) is 10.8 Å². The van der Waals surface area contributed by atoms with Crippen molar-refractivity contribution in [2.75, 3.05) is 51.0 Å². The van der Waals surface area contributed by atoms with E-state index in [2.05, 4.69) is 26.9 Å². The zero-order valence-electron chi connectivity index (χ0n) is 14.6. The number of aromatic nitrogens is 1. The second-order valence-corrected chi connectivity index (χ2v) is 7.00. The summed E-state index contributed by atoms with van der Waals surface area (Å²) >= 11 is 1.57. The molecule has 1 saturated heterocycles. The number of anilines is 2. The van der Waals surface area contributed by atoms with Crippen molar-refractivity contribution in [1.29, 1.82) is 0 Å². The average molecular weight is 385 g/mol. The fourth-order valence-corrected chi connectivity index (χ4v) is 3.70. The molecule has 138 valence electrons. The van der Waals surface area contributed by atoms with Crippen molar-refractivity contribution in [1.82, 2.24) is 9.88 Å². The predicted molar refractivity (Wildman–Crippen MR) is 105 cm³/mol. The maximum atomic E-state index is 5.72. The Balaban J connectivity index is 0.00000225. The SMILES string of the molecule is COc1cc(OC)cc(N2CCCN(Cc3cnc(N)s3)CC2)c1.Cl. The average Bonchev–Trinajstić information content (AvgIpc) is 2.87. The smallest absolute Gasteiger partial charge is 0.180 e. The van der Waals surface area contributed by atoms with Crippen molar-refractivity contribution in [3.05, 3.63) is 29.3 Å². The molecule has 2 N–H and O–H groups in total. The van der Waals surface area contributed by atoms with Gasteiger partial charge in [-0.15, -0.1) is 23.7 Å². The highest BCUT2D eigenvalue weighted by atomic mass is 35.5. The molecular formula is C17H25ClN4O2S. The Morgan fingerprint density at radius 2 is 1.80 bits per heavy atom. The van der Waals surface area contributed by atoms with Gasteiger partial charge in [0.2, 0.25) is 0 Å². The highest BCUT2D eigenvalue weighted by Crippen LogP contribution is 2.29. The largest absolute Gasteiger partial charge is 0.497 e. The normalized spacial score (nSPS) is 15.4. The van der Waals surface area contributed by atoms with E-state index in [9.17, 15) is 0 Å². The molecule has 25 heavy (non-hydrogen) atoms. The molecule has 1 aliphatic heterocycles. The Morgan fingerprint density at radius 3 is 2.40 bits per heavy atom. The van der Waals surface area contributed by atoms with E-state index in [-0.39, 0.29) is 12.4 Å². The minimum atomic E-state index is 0. The summed E-state index contributed by atoms with van der Waals surface area (Å²) in [6.07, 6.45) is 3.00. The van der Waals surface area contributed by atoms with E-state index in [4.69, 9.17) is 15.2 Å². The number of ether oxygens (including phenoxy) is 2. The van der Waals surface area contributed by atoms with Crippen LogP contribution in [0.25, 0.3) is 0 Å². The van der Waals surface area contributed by atoms with Gasteiger partial charge in [-0.3, -0.25) is 4.90 Å². The first kappa shape index (κ1) is 19.6. The summed E-state index contributed by atoms with van der Waals surface area (Å²) in [5.41, 5.74) is 6.87. The van der Waals surface area contributed by atoms with Crippen molar-refractivity contribution in [3.8, 4) is 11.5 Å². The van der Waals surface area contributed by atoms with Crippen molar-refractivity contribution < 1.29 is 9.47 Å². The second kappa shape index (κ2) is 9.12. The number of hydrogen-bond acceptors (Lipinski definition) is 7. The molecule has 6 nitrogen and oxygen atoms in total. The first-order valence-electron chi connectivity index (χ1n) is 8.08. The van der Waals surface area contributed by atoms with Crippen LogP contribution in [0.3, 0.4) is 0 Å². The molecule has 8 heteroatoms. The number of hydrogen-bond donors (Lipinski definition) is 1. The maximum absolute atomic E-state index is 5.72. The van der Waals surface area contributed by atoms with Crippen LogP contribution >= 0.6 is 23.7 Å². The minimum absolute atomic E-state index is 0. The topological polar surface area (TPSA) is 63.9 Å². The quantitative estimate of drug-likeness (QED) is 0.855. The molecule has 1 aliphatic rings. The van der Waals surface area contributed by atoms with Crippen LogP contribution in [0.5, 0.6) is 11.5 Å². The lowest BCUT2D eigenvalue weighted by Gasteiger charge is -2.24. The third kappa shape index (κ3) is 5.14. The monoisotopic (exact) mass is 384 g/mol. The van der Waals surface area contributed by atoms with Gasteiger partial charge in [0.05, 0.1) is 14.2 Å². The molecule has 0 spiro atoms. The number of nitrogen functional groups attached to an aromatic ring is 1. The van der Waals surface area contributed by atoms with Crippen LogP contribution < -0.4 is 20.1 Å². The lowest BCUT2D eigenvalue weighted by atomic mass is 10.2. The zero-order chi connectivity index (χ0) is 16.9. The number of halogens is 1. The Labute approximate surface area is 159 Å². The Hall–Kier alpha value is -1.70. The molecular weight excluding hydrogens is 360 g/mol.